The molecule has 0 atom stereocenters. The summed E-state index contributed by atoms with van der Waals surface area (Å²) in [5, 5.41) is 2.06. The molecule has 0 unspecified atom stereocenters. The van der Waals surface area contributed by atoms with E-state index in [0.717, 1.165) is 21.8 Å². The summed E-state index contributed by atoms with van der Waals surface area (Å²) >= 11 is 0. The summed E-state index contributed by atoms with van der Waals surface area (Å²) in [5.41, 5.74) is 8.23. The van der Waals surface area contributed by atoms with Crippen LogP contribution in [0.1, 0.15) is 0 Å². The lowest BCUT2D eigenvalue weighted by atomic mass is 10.1. The Labute approximate surface area is 110 Å². The largest absolute Gasteiger partial charge is 0.493 e. The SMILES string of the molecule is COc1cc2cc3ccc(N)cc3nc2cc1OC. The van der Waals surface area contributed by atoms with Gasteiger partial charge in [0.15, 0.2) is 11.5 Å². The number of nitrogen functional groups attached to an aromatic ring is 1. The summed E-state index contributed by atoms with van der Waals surface area (Å²) in [6.45, 7) is 0. The van der Waals surface area contributed by atoms with Crippen LogP contribution in [0, 0.1) is 0 Å². The first-order chi connectivity index (χ1) is 9.21. The Hall–Kier alpha value is -2.49. The molecule has 4 nitrogen and oxygen atoms in total. The van der Waals surface area contributed by atoms with Gasteiger partial charge in [-0.25, -0.2) is 4.98 Å². The normalized spacial score (nSPS) is 10.8. The van der Waals surface area contributed by atoms with E-state index >= 15 is 0 Å². The van der Waals surface area contributed by atoms with E-state index in [-0.39, 0.29) is 0 Å². The maximum atomic E-state index is 5.78. The van der Waals surface area contributed by atoms with Gasteiger partial charge in [-0.05, 0) is 24.3 Å². The van der Waals surface area contributed by atoms with Gasteiger partial charge in [-0.3, -0.25) is 0 Å². The van der Waals surface area contributed by atoms with E-state index in [9.17, 15) is 0 Å². The molecule has 0 aliphatic carbocycles. The maximum Gasteiger partial charge on any atom is 0.162 e. The van der Waals surface area contributed by atoms with Crippen molar-refractivity contribution in [3.05, 3.63) is 36.4 Å². The fourth-order valence-corrected chi connectivity index (χ4v) is 2.17. The summed E-state index contributed by atoms with van der Waals surface area (Å²) < 4.78 is 10.6. The maximum absolute atomic E-state index is 5.78. The average Bonchev–Trinajstić information content (AvgIpc) is 2.43. The molecule has 19 heavy (non-hydrogen) atoms. The standard InChI is InChI=1S/C15H14N2O2/c1-18-14-6-10-5-9-3-4-11(16)7-12(9)17-13(10)8-15(14)19-2/h3-8H,16H2,1-2H3. The van der Waals surface area contributed by atoms with E-state index in [2.05, 4.69) is 11.1 Å². The van der Waals surface area contributed by atoms with Gasteiger partial charge in [0.05, 0.1) is 25.3 Å². The van der Waals surface area contributed by atoms with Gasteiger partial charge in [0.2, 0.25) is 0 Å². The minimum atomic E-state index is 0.672. The highest BCUT2D eigenvalue weighted by atomic mass is 16.5. The number of rotatable bonds is 2. The third-order valence-electron chi connectivity index (χ3n) is 3.14. The molecule has 2 aromatic carbocycles. The van der Waals surface area contributed by atoms with Crippen molar-refractivity contribution in [2.75, 3.05) is 20.0 Å². The first kappa shape index (κ1) is 11.6. The van der Waals surface area contributed by atoms with Gasteiger partial charge >= 0.3 is 0 Å². The fourth-order valence-electron chi connectivity index (χ4n) is 2.17. The number of hydrogen-bond acceptors (Lipinski definition) is 4. The second kappa shape index (κ2) is 4.31. The van der Waals surface area contributed by atoms with Crippen LogP contribution in [0.4, 0.5) is 5.69 Å². The third-order valence-corrected chi connectivity index (χ3v) is 3.14. The Balaban J connectivity index is 2.34. The van der Waals surface area contributed by atoms with Crippen LogP contribution in [0.2, 0.25) is 0 Å². The van der Waals surface area contributed by atoms with Crippen molar-refractivity contribution in [2.45, 2.75) is 0 Å². The van der Waals surface area contributed by atoms with E-state index in [1.54, 1.807) is 14.2 Å². The number of ether oxygens (including phenoxy) is 2. The molecule has 0 bridgehead atoms. The number of fused-ring (bicyclic) bond motifs is 2. The van der Waals surface area contributed by atoms with Crippen molar-refractivity contribution in [3.8, 4) is 11.5 Å². The summed E-state index contributed by atoms with van der Waals surface area (Å²) in [6, 6.07) is 11.6. The zero-order valence-corrected chi connectivity index (χ0v) is 10.8. The minimum Gasteiger partial charge on any atom is -0.493 e. The van der Waals surface area contributed by atoms with Crippen LogP contribution in [0.5, 0.6) is 11.5 Å². The number of nitrogens with zero attached hydrogens (tertiary/aromatic N) is 1. The molecule has 0 fully saturated rings. The Morgan fingerprint density at radius 2 is 1.53 bits per heavy atom. The molecule has 96 valence electrons. The highest BCUT2D eigenvalue weighted by Crippen LogP contribution is 2.32. The molecule has 0 aliphatic rings. The van der Waals surface area contributed by atoms with E-state index in [0.29, 0.717) is 17.2 Å². The van der Waals surface area contributed by atoms with E-state index in [1.807, 2.05) is 30.3 Å². The molecule has 2 N–H and O–H groups in total. The molecular weight excluding hydrogens is 240 g/mol. The lowest BCUT2D eigenvalue weighted by Crippen LogP contribution is -1.92. The van der Waals surface area contributed by atoms with Gasteiger partial charge in [-0.2, -0.15) is 0 Å². The molecule has 0 amide bonds. The molecule has 3 aromatic rings. The third kappa shape index (κ3) is 1.91. The average molecular weight is 254 g/mol. The predicted octanol–water partition coefficient (Wildman–Crippen LogP) is 2.99. The fraction of sp³-hybridized carbons (Fsp3) is 0.133. The van der Waals surface area contributed by atoms with Crippen LogP contribution in [-0.4, -0.2) is 19.2 Å². The van der Waals surface area contributed by atoms with Crippen LogP contribution < -0.4 is 15.2 Å². The number of pyridine rings is 1. The molecule has 0 aliphatic heterocycles. The van der Waals surface area contributed by atoms with Crippen LogP contribution in [0.3, 0.4) is 0 Å². The molecule has 3 rings (SSSR count). The van der Waals surface area contributed by atoms with Crippen LogP contribution in [0.15, 0.2) is 36.4 Å². The molecule has 4 heteroatoms. The van der Waals surface area contributed by atoms with Crippen LogP contribution in [0.25, 0.3) is 21.8 Å². The summed E-state index contributed by atoms with van der Waals surface area (Å²) in [6.07, 6.45) is 0. The Morgan fingerprint density at radius 1 is 0.842 bits per heavy atom. The monoisotopic (exact) mass is 254 g/mol. The second-order valence-electron chi connectivity index (χ2n) is 4.34. The van der Waals surface area contributed by atoms with Gasteiger partial charge in [0, 0.05) is 22.5 Å². The zero-order chi connectivity index (χ0) is 13.4. The van der Waals surface area contributed by atoms with Crippen molar-refractivity contribution >= 4 is 27.5 Å². The van der Waals surface area contributed by atoms with Crippen molar-refractivity contribution in [2.24, 2.45) is 0 Å². The van der Waals surface area contributed by atoms with Gasteiger partial charge in [0.1, 0.15) is 0 Å². The number of nitrogens with two attached hydrogens (primary N) is 1. The first-order valence-corrected chi connectivity index (χ1v) is 5.93. The smallest absolute Gasteiger partial charge is 0.162 e. The molecule has 0 radical (unpaired) electrons. The lowest BCUT2D eigenvalue weighted by Gasteiger charge is -2.09. The van der Waals surface area contributed by atoms with E-state index in [4.69, 9.17) is 15.2 Å². The van der Waals surface area contributed by atoms with Crippen molar-refractivity contribution in [1.29, 1.82) is 0 Å². The van der Waals surface area contributed by atoms with Crippen molar-refractivity contribution < 1.29 is 9.47 Å². The van der Waals surface area contributed by atoms with Crippen LogP contribution in [-0.2, 0) is 0 Å². The van der Waals surface area contributed by atoms with E-state index in [1.165, 1.54) is 0 Å². The first-order valence-electron chi connectivity index (χ1n) is 5.93. The highest BCUT2D eigenvalue weighted by molar-refractivity contribution is 5.95. The number of aromatic nitrogens is 1. The van der Waals surface area contributed by atoms with Gasteiger partial charge in [0.25, 0.3) is 0 Å². The van der Waals surface area contributed by atoms with E-state index < -0.39 is 0 Å². The topological polar surface area (TPSA) is 57.4 Å². The Bertz CT molecular complexity index is 769. The van der Waals surface area contributed by atoms with Crippen molar-refractivity contribution in [3.63, 3.8) is 0 Å². The predicted molar refractivity (Wildman–Crippen MR) is 76.8 cm³/mol. The number of anilines is 1. The molecule has 0 saturated carbocycles. The molecule has 0 spiro atoms. The van der Waals surface area contributed by atoms with Gasteiger partial charge in [-0.15, -0.1) is 0 Å². The molecule has 0 saturated heterocycles. The van der Waals surface area contributed by atoms with Gasteiger partial charge < -0.3 is 15.2 Å². The van der Waals surface area contributed by atoms with Crippen molar-refractivity contribution in [1.82, 2.24) is 4.98 Å². The molecular formula is C15H14N2O2. The number of methoxy groups -OCH3 is 2. The quantitative estimate of drug-likeness (QED) is 0.564. The number of benzene rings is 2. The second-order valence-corrected chi connectivity index (χ2v) is 4.34. The Morgan fingerprint density at radius 3 is 2.26 bits per heavy atom. The molecule has 1 aromatic heterocycles. The minimum absolute atomic E-state index is 0.672. The highest BCUT2D eigenvalue weighted by Gasteiger charge is 2.08. The van der Waals surface area contributed by atoms with Crippen LogP contribution >= 0.6 is 0 Å². The zero-order valence-electron chi connectivity index (χ0n) is 10.8. The Kier molecular flexibility index (Phi) is 2.63. The molecule has 1 heterocycles. The summed E-state index contributed by atoms with van der Waals surface area (Å²) in [5.74, 6) is 1.37. The summed E-state index contributed by atoms with van der Waals surface area (Å²) in [7, 11) is 3.24. The lowest BCUT2D eigenvalue weighted by molar-refractivity contribution is 0.356. The van der Waals surface area contributed by atoms with Gasteiger partial charge in [-0.1, -0.05) is 6.07 Å². The number of hydrogen-bond donors (Lipinski definition) is 1. The summed E-state index contributed by atoms with van der Waals surface area (Å²) in [4.78, 5) is 4.61.